The van der Waals surface area contributed by atoms with Crippen LogP contribution >= 0.6 is 12.2 Å². The molecular weight excluding hydrogens is 368 g/mol. The normalized spacial score (nSPS) is 18.9. The molecule has 2 unspecified atom stereocenters. The average Bonchev–Trinajstić information content (AvgIpc) is 2.63. The van der Waals surface area contributed by atoms with Gasteiger partial charge in [-0.25, -0.2) is 4.99 Å². The number of carbonyl (C=O) groups is 1. The maximum atomic E-state index is 13.2. The fraction of sp³-hybridized carbons (Fsp3) is 0.318. The minimum atomic E-state index is -0.447. The lowest BCUT2D eigenvalue weighted by Crippen LogP contribution is -2.45. The van der Waals surface area contributed by atoms with Crippen LogP contribution in [0.2, 0.25) is 0 Å². The van der Waals surface area contributed by atoms with E-state index in [4.69, 9.17) is 12.2 Å². The van der Waals surface area contributed by atoms with Crippen LogP contribution in [0.1, 0.15) is 29.7 Å². The van der Waals surface area contributed by atoms with Crippen molar-refractivity contribution < 1.29 is 4.79 Å². The third-order valence-corrected chi connectivity index (χ3v) is 5.24. The summed E-state index contributed by atoms with van der Waals surface area (Å²) in [7, 11) is 4.00. The van der Waals surface area contributed by atoms with E-state index in [2.05, 4.69) is 21.7 Å². The maximum Gasteiger partial charge on any atom is 0.235 e. The highest BCUT2D eigenvalue weighted by Gasteiger charge is 2.36. The summed E-state index contributed by atoms with van der Waals surface area (Å²) < 4.78 is 0. The summed E-state index contributed by atoms with van der Waals surface area (Å²) in [5, 5.41) is 6.70. The molecule has 1 aliphatic heterocycles. The number of rotatable bonds is 4. The van der Waals surface area contributed by atoms with Gasteiger partial charge in [0.15, 0.2) is 5.11 Å². The lowest BCUT2D eigenvalue weighted by Gasteiger charge is -2.32. The Bertz CT molecular complexity index is 934. The summed E-state index contributed by atoms with van der Waals surface area (Å²) in [4.78, 5) is 19.6. The molecule has 0 spiro atoms. The standard InChI is InChI=1S/C22H26N4OS/c1-13-6-11-18(14(2)12-13)24-21(27)19-15(3)23-22(28)25-20(19)16-7-9-17(10-8-16)26(4)5/h6-12,19-20H,1-5H3,(H,24,27)(H,25,28). The van der Waals surface area contributed by atoms with Crippen LogP contribution in [0, 0.1) is 19.8 Å². The molecule has 0 radical (unpaired) electrons. The zero-order chi connectivity index (χ0) is 20.4. The molecule has 0 fully saturated rings. The first kappa shape index (κ1) is 20.0. The molecule has 2 atom stereocenters. The number of aryl methyl sites for hydroxylation is 2. The van der Waals surface area contributed by atoms with Crippen molar-refractivity contribution in [2.45, 2.75) is 26.8 Å². The SMILES string of the molecule is CC1=NC(=S)NC(c2ccc(N(C)C)cc2)C1C(=O)Nc1ccc(C)cc1C. The van der Waals surface area contributed by atoms with E-state index in [1.54, 1.807) is 0 Å². The van der Waals surface area contributed by atoms with Crippen molar-refractivity contribution in [3.05, 3.63) is 59.2 Å². The van der Waals surface area contributed by atoms with E-state index in [-0.39, 0.29) is 11.9 Å². The molecule has 0 saturated carbocycles. The zero-order valence-corrected chi connectivity index (χ0v) is 17.7. The van der Waals surface area contributed by atoms with Crippen LogP contribution in [-0.4, -0.2) is 30.8 Å². The van der Waals surface area contributed by atoms with Crippen LogP contribution in [0.4, 0.5) is 11.4 Å². The first-order chi connectivity index (χ1) is 13.3. The fourth-order valence-electron chi connectivity index (χ4n) is 3.48. The van der Waals surface area contributed by atoms with Crippen LogP contribution in [0.3, 0.4) is 0 Å². The maximum absolute atomic E-state index is 13.2. The van der Waals surface area contributed by atoms with Crippen molar-refractivity contribution in [2.75, 3.05) is 24.3 Å². The topological polar surface area (TPSA) is 56.7 Å². The summed E-state index contributed by atoms with van der Waals surface area (Å²) in [6, 6.07) is 13.9. The van der Waals surface area contributed by atoms with Crippen LogP contribution in [-0.2, 0) is 4.79 Å². The van der Waals surface area contributed by atoms with Crippen molar-refractivity contribution in [3.8, 4) is 0 Å². The average molecular weight is 395 g/mol. The molecule has 2 aromatic rings. The van der Waals surface area contributed by atoms with Crippen LogP contribution < -0.4 is 15.5 Å². The highest BCUT2D eigenvalue weighted by atomic mass is 32.1. The monoisotopic (exact) mass is 394 g/mol. The summed E-state index contributed by atoms with van der Waals surface area (Å²) in [6.45, 7) is 5.89. The third kappa shape index (κ3) is 4.22. The molecule has 0 saturated heterocycles. The number of benzene rings is 2. The number of hydrogen-bond acceptors (Lipinski definition) is 3. The van der Waals surface area contributed by atoms with E-state index in [1.807, 2.05) is 76.2 Å². The Morgan fingerprint density at radius 2 is 1.79 bits per heavy atom. The van der Waals surface area contributed by atoms with Gasteiger partial charge in [-0.2, -0.15) is 0 Å². The number of amides is 1. The summed E-state index contributed by atoms with van der Waals surface area (Å²) >= 11 is 5.29. The third-order valence-electron chi connectivity index (χ3n) is 5.03. The van der Waals surface area contributed by atoms with Crippen LogP contribution in [0.15, 0.2) is 47.5 Å². The molecule has 6 heteroatoms. The van der Waals surface area contributed by atoms with Gasteiger partial charge in [0.2, 0.25) is 5.91 Å². The second-order valence-electron chi connectivity index (χ2n) is 7.45. The Hall–Kier alpha value is -2.73. The molecule has 3 rings (SSSR count). The number of aliphatic imine (C=N–C) groups is 1. The summed E-state index contributed by atoms with van der Waals surface area (Å²) in [6.07, 6.45) is 0. The van der Waals surface area contributed by atoms with Gasteiger partial charge in [0.05, 0.1) is 6.04 Å². The Kier molecular flexibility index (Phi) is 5.79. The van der Waals surface area contributed by atoms with E-state index < -0.39 is 5.92 Å². The van der Waals surface area contributed by atoms with Gasteiger partial charge in [-0.15, -0.1) is 0 Å². The highest BCUT2D eigenvalue weighted by Crippen LogP contribution is 2.30. The van der Waals surface area contributed by atoms with Gasteiger partial charge in [0, 0.05) is 31.2 Å². The first-order valence-electron chi connectivity index (χ1n) is 9.27. The van der Waals surface area contributed by atoms with Crippen molar-refractivity contribution in [1.29, 1.82) is 0 Å². The van der Waals surface area contributed by atoms with E-state index >= 15 is 0 Å². The molecule has 5 nitrogen and oxygen atoms in total. The molecular formula is C22H26N4OS. The second kappa shape index (κ2) is 8.10. The van der Waals surface area contributed by atoms with Gasteiger partial charge < -0.3 is 15.5 Å². The minimum absolute atomic E-state index is 0.0927. The smallest absolute Gasteiger partial charge is 0.235 e. The molecule has 2 N–H and O–H groups in total. The first-order valence-corrected chi connectivity index (χ1v) is 9.68. The molecule has 0 aliphatic carbocycles. The number of carbonyl (C=O) groups excluding carboxylic acids is 1. The number of anilines is 2. The van der Waals surface area contributed by atoms with Crippen molar-refractivity contribution in [2.24, 2.45) is 10.9 Å². The fourth-order valence-corrected chi connectivity index (χ4v) is 3.75. The van der Waals surface area contributed by atoms with Gasteiger partial charge in [-0.1, -0.05) is 29.8 Å². The lowest BCUT2D eigenvalue weighted by atomic mass is 9.87. The number of nitrogens with one attached hydrogen (secondary N) is 2. The number of thiocarbonyl (C=S) groups is 1. The highest BCUT2D eigenvalue weighted by molar-refractivity contribution is 7.80. The Morgan fingerprint density at radius 1 is 1.11 bits per heavy atom. The molecule has 1 aliphatic rings. The van der Waals surface area contributed by atoms with Crippen LogP contribution in [0.25, 0.3) is 0 Å². The summed E-state index contributed by atoms with van der Waals surface area (Å²) in [5.41, 5.74) is 5.84. The molecule has 28 heavy (non-hydrogen) atoms. The quantitative estimate of drug-likeness (QED) is 0.769. The van der Waals surface area contributed by atoms with Crippen LogP contribution in [0.5, 0.6) is 0 Å². The van der Waals surface area contributed by atoms with Gasteiger partial charge in [-0.3, -0.25) is 4.79 Å². The van der Waals surface area contributed by atoms with E-state index in [9.17, 15) is 4.79 Å². The van der Waals surface area contributed by atoms with Crippen molar-refractivity contribution in [1.82, 2.24) is 5.32 Å². The van der Waals surface area contributed by atoms with Gasteiger partial charge in [0.25, 0.3) is 0 Å². The largest absolute Gasteiger partial charge is 0.378 e. The lowest BCUT2D eigenvalue weighted by molar-refractivity contribution is -0.118. The van der Waals surface area contributed by atoms with Gasteiger partial charge in [0.1, 0.15) is 5.92 Å². The molecule has 146 valence electrons. The molecule has 1 heterocycles. The number of nitrogens with zero attached hydrogens (tertiary/aromatic N) is 2. The predicted octanol–water partition coefficient (Wildman–Crippen LogP) is 4.01. The molecule has 2 aromatic carbocycles. The van der Waals surface area contributed by atoms with Gasteiger partial charge >= 0.3 is 0 Å². The van der Waals surface area contributed by atoms with Crippen molar-refractivity contribution in [3.63, 3.8) is 0 Å². The minimum Gasteiger partial charge on any atom is -0.378 e. The predicted molar refractivity (Wildman–Crippen MR) is 120 cm³/mol. The number of hydrogen-bond donors (Lipinski definition) is 2. The second-order valence-corrected chi connectivity index (χ2v) is 7.84. The van der Waals surface area contributed by atoms with Crippen molar-refractivity contribution >= 4 is 40.3 Å². The summed E-state index contributed by atoms with van der Waals surface area (Å²) in [5.74, 6) is -0.539. The molecule has 0 aromatic heterocycles. The van der Waals surface area contributed by atoms with E-state index in [0.29, 0.717) is 10.8 Å². The molecule has 1 amide bonds. The van der Waals surface area contributed by atoms with E-state index in [0.717, 1.165) is 28.1 Å². The Balaban J connectivity index is 1.91. The van der Waals surface area contributed by atoms with E-state index in [1.165, 1.54) is 0 Å². The van der Waals surface area contributed by atoms with Gasteiger partial charge in [-0.05, 0) is 62.3 Å². The Morgan fingerprint density at radius 3 is 2.39 bits per heavy atom. The zero-order valence-electron chi connectivity index (χ0n) is 16.9. The Labute approximate surface area is 171 Å². The molecule has 0 bridgehead atoms.